The van der Waals surface area contributed by atoms with Crippen molar-refractivity contribution < 1.29 is 4.74 Å². The van der Waals surface area contributed by atoms with E-state index in [9.17, 15) is 0 Å². The normalized spacial score (nSPS) is 40.9. The first-order chi connectivity index (χ1) is 5.16. The molecule has 1 saturated heterocycles. The number of rotatable bonds is 1. The van der Waals surface area contributed by atoms with Gasteiger partial charge >= 0.3 is 0 Å². The van der Waals surface area contributed by atoms with Crippen molar-refractivity contribution in [3.05, 3.63) is 0 Å². The highest BCUT2D eigenvalue weighted by molar-refractivity contribution is 4.82. The molecule has 1 aliphatic rings. The van der Waals surface area contributed by atoms with Crippen molar-refractivity contribution in [1.82, 2.24) is 4.90 Å². The molecule has 1 fully saturated rings. The van der Waals surface area contributed by atoms with E-state index in [-0.39, 0.29) is 6.10 Å². The highest BCUT2D eigenvalue weighted by Gasteiger charge is 2.29. The Morgan fingerprint density at radius 1 is 1.55 bits per heavy atom. The third-order valence-corrected chi connectivity index (χ3v) is 2.66. The van der Waals surface area contributed by atoms with Crippen LogP contribution in [0.3, 0.4) is 0 Å². The number of hydrogen-bond acceptors (Lipinski definition) is 3. The maximum Gasteiger partial charge on any atom is 0.0850 e. The molecule has 3 atom stereocenters. The van der Waals surface area contributed by atoms with Crippen LogP contribution in [0.25, 0.3) is 0 Å². The van der Waals surface area contributed by atoms with Gasteiger partial charge in [0.05, 0.1) is 12.7 Å². The van der Waals surface area contributed by atoms with E-state index in [0.29, 0.717) is 18.6 Å². The Kier molecular flexibility index (Phi) is 2.87. The molecule has 11 heavy (non-hydrogen) atoms. The minimum absolute atomic E-state index is 0.219. The molecule has 0 aromatic heterocycles. The van der Waals surface area contributed by atoms with Crippen molar-refractivity contribution in [2.45, 2.75) is 32.0 Å². The maximum atomic E-state index is 5.56. The lowest BCUT2D eigenvalue weighted by molar-refractivity contribution is -0.0780. The molecule has 2 N–H and O–H groups in total. The highest BCUT2D eigenvalue weighted by Crippen LogP contribution is 2.15. The largest absolute Gasteiger partial charge is 0.374 e. The average Bonchev–Trinajstić information content (AvgIpc) is 2.01. The summed E-state index contributed by atoms with van der Waals surface area (Å²) >= 11 is 0. The summed E-state index contributed by atoms with van der Waals surface area (Å²) in [5.41, 5.74) is 5.55. The predicted octanol–water partition coefficient (Wildman–Crippen LogP) is 0.0527. The van der Waals surface area contributed by atoms with Crippen LogP contribution in [0.2, 0.25) is 0 Å². The zero-order chi connectivity index (χ0) is 8.43. The quantitative estimate of drug-likeness (QED) is 0.586. The molecule has 0 saturated carbocycles. The maximum absolute atomic E-state index is 5.56. The van der Waals surface area contributed by atoms with Crippen molar-refractivity contribution in [2.24, 2.45) is 5.73 Å². The van der Waals surface area contributed by atoms with Gasteiger partial charge in [0.25, 0.3) is 0 Å². The number of morpholine rings is 1. The fourth-order valence-corrected chi connectivity index (χ4v) is 1.45. The van der Waals surface area contributed by atoms with Gasteiger partial charge in [0, 0.05) is 18.6 Å². The topological polar surface area (TPSA) is 38.5 Å². The summed E-state index contributed by atoms with van der Waals surface area (Å²) in [5, 5.41) is 0. The van der Waals surface area contributed by atoms with Gasteiger partial charge in [-0.15, -0.1) is 0 Å². The Morgan fingerprint density at radius 3 is 2.73 bits per heavy atom. The van der Waals surface area contributed by atoms with Crippen molar-refractivity contribution in [3.63, 3.8) is 0 Å². The Bertz CT molecular complexity index is 127. The third-order valence-electron chi connectivity index (χ3n) is 2.66. The molecule has 3 nitrogen and oxygen atoms in total. The summed E-state index contributed by atoms with van der Waals surface area (Å²) in [6.45, 7) is 5.76. The second-order valence-electron chi connectivity index (χ2n) is 3.36. The summed E-state index contributed by atoms with van der Waals surface area (Å²) in [5.74, 6) is 0. The van der Waals surface area contributed by atoms with E-state index in [2.05, 4.69) is 25.8 Å². The van der Waals surface area contributed by atoms with Crippen LogP contribution in [0.5, 0.6) is 0 Å². The molecule has 0 bridgehead atoms. The lowest BCUT2D eigenvalue weighted by Crippen LogP contribution is -2.54. The highest BCUT2D eigenvalue weighted by atomic mass is 16.5. The van der Waals surface area contributed by atoms with E-state index in [1.807, 2.05) is 0 Å². The van der Waals surface area contributed by atoms with E-state index in [4.69, 9.17) is 10.5 Å². The molecule has 0 radical (unpaired) electrons. The van der Waals surface area contributed by atoms with Gasteiger partial charge in [-0.3, -0.25) is 4.90 Å². The molecule has 1 rings (SSSR count). The Balaban J connectivity index is 2.52. The van der Waals surface area contributed by atoms with Gasteiger partial charge in [-0.1, -0.05) is 0 Å². The van der Waals surface area contributed by atoms with E-state index in [1.54, 1.807) is 0 Å². The summed E-state index contributed by atoms with van der Waals surface area (Å²) in [4.78, 5) is 2.32. The van der Waals surface area contributed by atoms with E-state index in [0.717, 1.165) is 6.61 Å². The first kappa shape index (κ1) is 8.97. The van der Waals surface area contributed by atoms with Gasteiger partial charge in [0.1, 0.15) is 0 Å². The van der Waals surface area contributed by atoms with E-state index >= 15 is 0 Å². The molecule has 3 heteroatoms. The molecule has 1 aliphatic heterocycles. The number of ether oxygens (including phenoxy) is 1. The Hall–Kier alpha value is -0.120. The monoisotopic (exact) mass is 158 g/mol. The van der Waals surface area contributed by atoms with Gasteiger partial charge in [-0.05, 0) is 20.9 Å². The summed E-state index contributed by atoms with van der Waals surface area (Å²) < 4.78 is 5.56. The van der Waals surface area contributed by atoms with Gasteiger partial charge in [-0.2, -0.15) is 0 Å². The predicted molar refractivity (Wildman–Crippen MR) is 45.5 cm³/mol. The average molecular weight is 158 g/mol. The van der Waals surface area contributed by atoms with Crippen LogP contribution >= 0.6 is 0 Å². The molecule has 0 spiro atoms. The van der Waals surface area contributed by atoms with Crippen molar-refractivity contribution >= 4 is 0 Å². The smallest absolute Gasteiger partial charge is 0.0850 e. The standard InChI is InChI=1S/C8H18N2O/c1-6-5-11-8(4-9)7(2)10(6)3/h6-8H,4-5,9H2,1-3H3. The first-order valence-corrected chi connectivity index (χ1v) is 4.20. The summed E-state index contributed by atoms with van der Waals surface area (Å²) in [6, 6.07) is 0.969. The van der Waals surface area contributed by atoms with E-state index < -0.39 is 0 Å². The Morgan fingerprint density at radius 2 is 2.18 bits per heavy atom. The molecule has 0 aromatic rings. The zero-order valence-electron chi connectivity index (χ0n) is 7.58. The lowest BCUT2D eigenvalue weighted by Gasteiger charge is -2.40. The number of hydrogen-bond donors (Lipinski definition) is 1. The molecule has 0 aliphatic carbocycles. The van der Waals surface area contributed by atoms with E-state index in [1.165, 1.54) is 0 Å². The third kappa shape index (κ3) is 1.72. The molecule has 3 unspecified atom stereocenters. The fraction of sp³-hybridized carbons (Fsp3) is 1.00. The fourth-order valence-electron chi connectivity index (χ4n) is 1.45. The van der Waals surface area contributed by atoms with Crippen LogP contribution in [0.4, 0.5) is 0 Å². The summed E-state index contributed by atoms with van der Waals surface area (Å²) in [6.07, 6.45) is 0.219. The minimum atomic E-state index is 0.219. The molecule has 0 amide bonds. The van der Waals surface area contributed by atoms with Crippen molar-refractivity contribution in [2.75, 3.05) is 20.2 Å². The van der Waals surface area contributed by atoms with Gasteiger partial charge in [0.2, 0.25) is 0 Å². The summed E-state index contributed by atoms with van der Waals surface area (Å²) in [7, 11) is 2.13. The van der Waals surface area contributed by atoms with Crippen LogP contribution in [-0.4, -0.2) is 43.3 Å². The minimum Gasteiger partial charge on any atom is -0.374 e. The Labute approximate surface area is 68.5 Å². The molecular formula is C8H18N2O. The van der Waals surface area contributed by atoms with Crippen LogP contribution in [0.1, 0.15) is 13.8 Å². The SMILES string of the molecule is CC1COC(CN)C(C)N1C. The number of likely N-dealkylation sites (N-methyl/N-ethyl adjacent to an activating group) is 1. The molecular weight excluding hydrogens is 140 g/mol. The van der Waals surface area contributed by atoms with Crippen LogP contribution < -0.4 is 5.73 Å². The lowest BCUT2D eigenvalue weighted by atomic mass is 10.1. The van der Waals surface area contributed by atoms with Gasteiger partial charge < -0.3 is 10.5 Å². The van der Waals surface area contributed by atoms with Crippen molar-refractivity contribution in [3.8, 4) is 0 Å². The van der Waals surface area contributed by atoms with Crippen LogP contribution in [-0.2, 0) is 4.74 Å². The second kappa shape index (κ2) is 3.52. The first-order valence-electron chi connectivity index (χ1n) is 4.20. The van der Waals surface area contributed by atoms with Crippen LogP contribution in [0.15, 0.2) is 0 Å². The molecule has 66 valence electrons. The zero-order valence-corrected chi connectivity index (χ0v) is 7.58. The van der Waals surface area contributed by atoms with Gasteiger partial charge in [0.15, 0.2) is 0 Å². The van der Waals surface area contributed by atoms with Gasteiger partial charge in [-0.25, -0.2) is 0 Å². The number of nitrogens with zero attached hydrogens (tertiary/aromatic N) is 1. The van der Waals surface area contributed by atoms with Crippen molar-refractivity contribution in [1.29, 1.82) is 0 Å². The molecule has 1 heterocycles. The number of nitrogens with two attached hydrogens (primary N) is 1. The second-order valence-corrected chi connectivity index (χ2v) is 3.36. The molecule has 0 aromatic carbocycles. The van der Waals surface area contributed by atoms with Crippen LogP contribution in [0, 0.1) is 0 Å².